The van der Waals surface area contributed by atoms with Crippen LogP contribution in [0.4, 0.5) is 0 Å². The molecule has 2 aromatic rings. The molecule has 1 amide bonds. The molecule has 0 aliphatic heterocycles. The molecular formula is C20H25NO. The Morgan fingerprint density at radius 2 is 1.59 bits per heavy atom. The zero-order valence-electron chi connectivity index (χ0n) is 13.8. The van der Waals surface area contributed by atoms with E-state index in [1.807, 2.05) is 30.1 Å². The van der Waals surface area contributed by atoms with Crippen LogP contribution in [0.3, 0.4) is 0 Å². The highest BCUT2D eigenvalue weighted by molar-refractivity contribution is 5.76. The molecule has 0 N–H and O–H groups in total. The number of rotatable bonds is 6. The van der Waals surface area contributed by atoms with Crippen molar-refractivity contribution in [3.05, 3.63) is 71.3 Å². The number of aryl methyl sites for hydroxylation is 1. The summed E-state index contributed by atoms with van der Waals surface area (Å²) in [4.78, 5) is 14.2. The van der Waals surface area contributed by atoms with Gasteiger partial charge >= 0.3 is 0 Å². The molecule has 1 atom stereocenters. The summed E-state index contributed by atoms with van der Waals surface area (Å²) in [5.74, 6) is 0.439. The van der Waals surface area contributed by atoms with Gasteiger partial charge < -0.3 is 4.90 Å². The molecule has 116 valence electrons. The number of amides is 1. The molecule has 0 radical (unpaired) electrons. The Morgan fingerprint density at radius 1 is 1.00 bits per heavy atom. The molecular weight excluding hydrogens is 270 g/mol. The fraction of sp³-hybridized carbons (Fsp3) is 0.350. The molecule has 0 spiro atoms. The van der Waals surface area contributed by atoms with Crippen molar-refractivity contribution >= 4 is 5.91 Å². The number of carbonyl (C=O) groups is 1. The molecule has 22 heavy (non-hydrogen) atoms. The highest BCUT2D eigenvalue weighted by Gasteiger charge is 2.15. The molecule has 0 saturated carbocycles. The average Bonchev–Trinajstić information content (AvgIpc) is 2.56. The Bertz CT molecular complexity index is 589. The van der Waals surface area contributed by atoms with Crippen molar-refractivity contribution in [3.8, 4) is 0 Å². The van der Waals surface area contributed by atoms with Gasteiger partial charge in [-0.1, -0.05) is 68.4 Å². The minimum Gasteiger partial charge on any atom is -0.341 e. The number of carbonyl (C=O) groups excluding carboxylic acids is 1. The first-order chi connectivity index (χ1) is 10.6. The predicted molar refractivity (Wildman–Crippen MR) is 91.8 cm³/mol. The van der Waals surface area contributed by atoms with Gasteiger partial charge in [0.05, 0.1) is 0 Å². The minimum absolute atomic E-state index is 0.191. The summed E-state index contributed by atoms with van der Waals surface area (Å²) in [6.45, 7) is 4.93. The second-order valence-electron chi connectivity index (χ2n) is 5.94. The summed E-state index contributed by atoms with van der Waals surface area (Å²) in [5.41, 5.74) is 3.73. The lowest BCUT2D eigenvalue weighted by Gasteiger charge is -2.20. The maximum Gasteiger partial charge on any atom is 0.223 e. The summed E-state index contributed by atoms with van der Waals surface area (Å²) in [6, 6.07) is 18.7. The number of benzene rings is 2. The fourth-order valence-electron chi connectivity index (χ4n) is 2.56. The molecule has 0 bridgehead atoms. The lowest BCUT2D eigenvalue weighted by Crippen LogP contribution is -2.27. The van der Waals surface area contributed by atoms with E-state index in [0.717, 1.165) is 6.42 Å². The van der Waals surface area contributed by atoms with E-state index in [4.69, 9.17) is 0 Å². The van der Waals surface area contributed by atoms with Gasteiger partial charge in [-0.05, 0) is 29.0 Å². The first-order valence-corrected chi connectivity index (χ1v) is 7.97. The van der Waals surface area contributed by atoms with Crippen LogP contribution in [0.25, 0.3) is 0 Å². The molecule has 0 fully saturated rings. The smallest absolute Gasteiger partial charge is 0.223 e. The zero-order chi connectivity index (χ0) is 15.9. The molecule has 2 rings (SSSR count). The van der Waals surface area contributed by atoms with E-state index in [9.17, 15) is 4.79 Å². The van der Waals surface area contributed by atoms with E-state index in [-0.39, 0.29) is 11.8 Å². The second kappa shape index (κ2) is 7.79. The maximum atomic E-state index is 12.4. The molecule has 2 nitrogen and oxygen atoms in total. The van der Waals surface area contributed by atoms with Crippen LogP contribution in [0.1, 0.15) is 42.9 Å². The van der Waals surface area contributed by atoms with Crippen molar-refractivity contribution in [1.29, 1.82) is 0 Å². The van der Waals surface area contributed by atoms with Gasteiger partial charge in [0.2, 0.25) is 5.91 Å². The summed E-state index contributed by atoms with van der Waals surface area (Å²) < 4.78 is 0. The van der Waals surface area contributed by atoms with Crippen molar-refractivity contribution in [2.75, 3.05) is 7.05 Å². The lowest BCUT2D eigenvalue weighted by atomic mass is 9.97. The van der Waals surface area contributed by atoms with E-state index in [0.29, 0.717) is 13.0 Å². The Morgan fingerprint density at radius 3 is 2.18 bits per heavy atom. The van der Waals surface area contributed by atoms with Crippen LogP contribution in [0.15, 0.2) is 54.6 Å². The van der Waals surface area contributed by atoms with Crippen LogP contribution in [0, 0.1) is 0 Å². The van der Waals surface area contributed by atoms with Gasteiger partial charge in [-0.15, -0.1) is 0 Å². The average molecular weight is 295 g/mol. The van der Waals surface area contributed by atoms with Gasteiger partial charge in [-0.2, -0.15) is 0 Å². The van der Waals surface area contributed by atoms with E-state index < -0.39 is 0 Å². The van der Waals surface area contributed by atoms with Crippen molar-refractivity contribution in [2.24, 2.45) is 0 Å². The van der Waals surface area contributed by atoms with E-state index in [1.54, 1.807) is 0 Å². The number of hydrogen-bond donors (Lipinski definition) is 0. The van der Waals surface area contributed by atoms with Crippen LogP contribution in [-0.4, -0.2) is 17.9 Å². The molecule has 0 heterocycles. The van der Waals surface area contributed by atoms with Gasteiger partial charge in [0.15, 0.2) is 0 Å². The van der Waals surface area contributed by atoms with Crippen LogP contribution in [-0.2, 0) is 17.8 Å². The largest absolute Gasteiger partial charge is 0.341 e. The summed E-state index contributed by atoms with van der Waals surface area (Å²) in [7, 11) is 1.88. The molecule has 0 aromatic heterocycles. The van der Waals surface area contributed by atoms with Gasteiger partial charge in [-0.25, -0.2) is 0 Å². The van der Waals surface area contributed by atoms with Gasteiger partial charge in [0.1, 0.15) is 0 Å². The fourth-order valence-corrected chi connectivity index (χ4v) is 2.56. The lowest BCUT2D eigenvalue weighted by molar-refractivity contribution is -0.130. The standard InChI is InChI=1S/C20H25NO/c1-4-17-10-12-18(13-11-17)15-21(3)20(22)14-16(2)19-8-6-5-7-9-19/h5-13,16H,4,14-15H2,1-3H3. The molecule has 0 aliphatic rings. The monoisotopic (exact) mass is 295 g/mol. The van der Waals surface area contributed by atoms with Crippen molar-refractivity contribution < 1.29 is 4.79 Å². The number of hydrogen-bond acceptors (Lipinski definition) is 1. The third-order valence-electron chi connectivity index (χ3n) is 4.13. The summed E-state index contributed by atoms with van der Waals surface area (Å²) >= 11 is 0. The number of nitrogens with zero attached hydrogens (tertiary/aromatic N) is 1. The Hall–Kier alpha value is -2.09. The van der Waals surface area contributed by atoms with Gasteiger partial charge in [0, 0.05) is 20.0 Å². The van der Waals surface area contributed by atoms with Crippen LogP contribution >= 0.6 is 0 Å². The summed E-state index contributed by atoms with van der Waals surface area (Å²) in [5, 5.41) is 0. The second-order valence-corrected chi connectivity index (χ2v) is 5.94. The molecule has 2 heteroatoms. The van der Waals surface area contributed by atoms with Crippen LogP contribution < -0.4 is 0 Å². The predicted octanol–water partition coefficient (Wildman–Crippen LogP) is 4.40. The van der Waals surface area contributed by atoms with Crippen LogP contribution in [0.5, 0.6) is 0 Å². The van der Waals surface area contributed by atoms with E-state index >= 15 is 0 Å². The Balaban J connectivity index is 1.91. The summed E-state index contributed by atoms with van der Waals surface area (Å²) in [6.07, 6.45) is 1.59. The molecule has 0 aliphatic carbocycles. The third kappa shape index (κ3) is 4.45. The normalized spacial score (nSPS) is 12.0. The minimum atomic E-state index is 0.191. The Labute approximate surface area is 133 Å². The first-order valence-electron chi connectivity index (χ1n) is 7.97. The van der Waals surface area contributed by atoms with E-state index in [2.05, 4.69) is 50.2 Å². The van der Waals surface area contributed by atoms with E-state index in [1.165, 1.54) is 16.7 Å². The van der Waals surface area contributed by atoms with Crippen molar-refractivity contribution in [3.63, 3.8) is 0 Å². The maximum absolute atomic E-state index is 12.4. The quantitative estimate of drug-likeness (QED) is 0.773. The highest BCUT2D eigenvalue weighted by Crippen LogP contribution is 2.19. The van der Waals surface area contributed by atoms with Gasteiger partial charge in [-0.3, -0.25) is 4.79 Å². The van der Waals surface area contributed by atoms with Crippen molar-refractivity contribution in [2.45, 2.75) is 39.2 Å². The molecule has 2 aromatic carbocycles. The topological polar surface area (TPSA) is 20.3 Å². The first kappa shape index (κ1) is 16.3. The van der Waals surface area contributed by atoms with Gasteiger partial charge in [0.25, 0.3) is 0 Å². The van der Waals surface area contributed by atoms with Crippen molar-refractivity contribution in [1.82, 2.24) is 4.90 Å². The highest BCUT2D eigenvalue weighted by atomic mass is 16.2. The Kier molecular flexibility index (Phi) is 5.76. The van der Waals surface area contributed by atoms with Crippen LogP contribution in [0.2, 0.25) is 0 Å². The molecule has 0 saturated heterocycles. The molecule has 1 unspecified atom stereocenters. The zero-order valence-corrected chi connectivity index (χ0v) is 13.8. The third-order valence-corrected chi connectivity index (χ3v) is 4.13. The SMILES string of the molecule is CCc1ccc(CN(C)C(=O)CC(C)c2ccccc2)cc1.